The van der Waals surface area contributed by atoms with E-state index >= 15 is 0 Å². The molecule has 1 heterocycles. The highest BCUT2D eigenvalue weighted by molar-refractivity contribution is 6.42. The van der Waals surface area contributed by atoms with Crippen LogP contribution in [0.15, 0.2) is 18.2 Å². The molecule has 1 N–H and O–H groups in total. The van der Waals surface area contributed by atoms with Crippen LogP contribution >= 0.6 is 23.2 Å². The zero-order valence-corrected chi connectivity index (χ0v) is 9.68. The SMILES string of the molecule is OC1(c2cccc(Cl)c2Cl)CCCOC1. The number of hydrogen-bond donors (Lipinski definition) is 1. The Labute approximate surface area is 98.8 Å². The van der Waals surface area contributed by atoms with Crippen LogP contribution in [0.4, 0.5) is 0 Å². The predicted octanol–water partition coefficient (Wildman–Crippen LogP) is 2.99. The molecule has 0 radical (unpaired) electrons. The minimum atomic E-state index is -0.986. The molecule has 0 aliphatic carbocycles. The highest BCUT2D eigenvalue weighted by Gasteiger charge is 2.34. The van der Waals surface area contributed by atoms with Crippen LogP contribution in [0.2, 0.25) is 10.0 Å². The van der Waals surface area contributed by atoms with E-state index in [4.69, 9.17) is 27.9 Å². The number of ether oxygens (including phenoxy) is 1. The van der Waals surface area contributed by atoms with Crippen molar-refractivity contribution in [1.82, 2.24) is 0 Å². The van der Waals surface area contributed by atoms with Crippen LogP contribution in [0.1, 0.15) is 18.4 Å². The first kappa shape index (κ1) is 11.2. The number of rotatable bonds is 1. The fourth-order valence-corrected chi connectivity index (χ4v) is 2.33. The Morgan fingerprint density at radius 3 is 2.80 bits per heavy atom. The second-order valence-electron chi connectivity index (χ2n) is 3.79. The van der Waals surface area contributed by atoms with Crippen LogP contribution in [0.25, 0.3) is 0 Å². The van der Waals surface area contributed by atoms with Gasteiger partial charge in [0.25, 0.3) is 0 Å². The van der Waals surface area contributed by atoms with Gasteiger partial charge in [-0.25, -0.2) is 0 Å². The zero-order valence-electron chi connectivity index (χ0n) is 8.17. The van der Waals surface area contributed by atoms with Crippen molar-refractivity contribution in [2.24, 2.45) is 0 Å². The molecule has 15 heavy (non-hydrogen) atoms. The number of benzene rings is 1. The van der Waals surface area contributed by atoms with Crippen molar-refractivity contribution in [3.05, 3.63) is 33.8 Å². The molecule has 1 aromatic carbocycles. The molecule has 1 aromatic rings. The van der Waals surface area contributed by atoms with Gasteiger partial charge in [-0.3, -0.25) is 0 Å². The van der Waals surface area contributed by atoms with Gasteiger partial charge >= 0.3 is 0 Å². The first-order valence-electron chi connectivity index (χ1n) is 4.88. The predicted molar refractivity (Wildman–Crippen MR) is 60.4 cm³/mol. The summed E-state index contributed by atoms with van der Waals surface area (Å²) < 4.78 is 5.28. The topological polar surface area (TPSA) is 29.5 Å². The fraction of sp³-hybridized carbons (Fsp3) is 0.455. The van der Waals surface area contributed by atoms with E-state index in [9.17, 15) is 5.11 Å². The third-order valence-electron chi connectivity index (χ3n) is 2.67. The highest BCUT2D eigenvalue weighted by atomic mass is 35.5. The van der Waals surface area contributed by atoms with Crippen molar-refractivity contribution in [1.29, 1.82) is 0 Å². The first-order chi connectivity index (χ1) is 7.13. The number of aliphatic hydroxyl groups is 1. The van der Waals surface area contributed by atoms with E-state index in [1.165, 1.54) is 0 Å². The van der Waals surface area contributed by atoms with Crippen LogP contribution in [-0.4, -0.2) is 18.3 Å². The Bertz CT molecular complexity index is 360. The van der Waals surface area contributed by atoms with Crippen molar-refractivity contribution in [3.8, 4) is 0 Å². The van der Waals surface area contributed by atoms with E-state index in [2.05, 4.69) is 0 Å². The van der Waals surface area contributed by atoms with Crippen molar-refractivity contribution in [2.75, 3.05) is 13.2 Å². The molecule has 2 nitrogen and oxygen atoms in total. The van der Waals surface area contributed by atoms with Crippen molar-refractivity contribution < 1.29 is 9.84 Å². The molecular weight excluding hydrogens is 235 g/mol. The monoisotopic (exact) mass is 246 g/mol. The Kier molecular flexibility index (Phi) is 3.21. The second-order valence-corrected chi connectivity index (χ2v) is 4.57. The number of halogens is 2. The normalized spacial score (nSPS) is 26.6. The Morgan fingerprint density at radius 1 is 1.33 bits per heavy atom. The van der Waals surface area contributed by atoms with Crippen molar-refractivity contribution >= 4 is 23.2 Å². The van der Waals surface area contributed by atoms with Gasteiger partial charge in [0.15, 0.2) is 0 Å². The van der Waals surface area contributed by atoms with Crippen LogP contribution in [0.3, 0.4) is 0 Å². The molecule has 1 aliphatic rings. The molecule has 0 bridgehead atoms. The van der Waals surface area contributed by atoms with Crippen LogP contribution < -0.4 is 0 Å². The van der Waals surface area contributed by atoms with Crippen LogP contribution in [0, 0.1) is 0 Å². The standard InChI is InChI=1S/C11H12Cl2O2/c12-9-4-1-3-8(10(9)13)11(14)5-2-6-15-7-11/h1,3-4,14H,2,5-7H2. The molecule has 1 aliphatic heterocycles. The third-order valence-corrected chi connectivity index (χ3v) is 3.49. The summed E-state index contributed by atoms with van der Waals surface area (Å²) in [5.41, 5.74) is -0.323. The minimum Gasteiger partial charge on any atom is -0.383 e. The fourth-order valence-electron chi connectivity index (χ4n) is 1.86. The Morgan fingerprint density at radius 2 is 2.13 bits per heavy atom. The van der Waals surface area contributed by atoms with Crippen LogP contribution in [0.5, 0.6) is 0 Å². The maximum Gasteiger partial charge on any atom is 0.114 e. The lowest BCUT2D eigenvalue weighted by Gasteiger charge is -2.33. The molecule has 2 rings (SSSR count). The van der Waals surface area contributed by atoms with Gasteiger partial charge in [-0.2, -0.15) is 0 Å². The van der Waals surface area contributed by atoms with E-state index in [0.29, 0.717) is 28.6 Å². The van der Waals surface area contributed by atoms with Crippen molar-refractivity contribution in [3.63, 3.8) is 0 Å². The number of hydrogen-bond acceptors (Lipinski definition) is 2. The summed E-state index contributed by atoms with van der Waals surface area (Å²) >= 11 is 12.0. The summed E-state index contributed by atoms with van der Waals surface area (Å²) in [4.78, 5) is 0. The average Bonchev–Trinajstić information content (AvgIpc) is 2.23. The molecule has 0 amide bonds. The maximum atomic E-state index is 10.4. The Hall–Kier alpha value is -0.280. The van der Waals surface area contributed by atoms with Gasteiger partial charge in [-0.1, -0.05) is 35.3 Å². The molecule has 1 saturated heterocycles. The summed E-state index contributed by atoms with van der Waals surface area (Å²) in [6.07, 6.45) is 1.49. The summed E-state index contributed by atoms with van der Waals surface area (Å²) in [5, 5.41) is 11.3. The van der Waals surface area contributed by atoms with Gasteiger partial charge < -0.3 is 9.84 Å². The molecular formula is C11H12Cl2O2. The molecule has 1 unspecified atom stereocenters. The lowest BCUT2D eigenvalue weighted by atomic mass is 9.88. The summed E-state index contributed by atoms with van der Waals surface area (Å²) in [6.45, 7) is 0.980. The second kappa shape index (κ2) is 4.30. The quantitative estimate of drug-likeness (QED) is 0.826. The summed E-state index contributed by atoms with van der Waals surface area (Å²) in [7, 11) is 0. The van der Waals surface area contributed by atoms with Crippen molar-refractivity contribution in [2.45, 2.75) is 18.4 Å². The van der Waals surface area contributed by atoms with E-state index in [-0.39, 0.29) is 6.61 Å². The van der Waals surface area contributed by atoms with Gasteiger partial charge in [-0.15, -0.1) is 0 Å². The Balaban J connectivity index is 2.39. The average molecular weight is 247 g/mol. The van der Waals surface area contributed by atoms with Gasteiger partial charge in [-0.05, 0) is 18.9 Å². The lowest BCUT2D eigenvalue weighted by molar-refractivity contribution is -0.0902. The molecule has 82 valence electrons. The van der Waals surface area contributed by atoms with Crippen LogP contribution in [-0.2, 0) is 10.3 Å². The van der Waals surface area contributed by atoms with E-state index in [1.807, 2.05) is 0 Å². The summed E-state index contributed by atoms with van der Waals surface area (Å²) in [6, 6.07) is 5.29. The maximum absolute atomic E-state index is 10.4. The zero-order chi connectivity index (χ0) is 10.9. The van der Waals surface area contributed by atoms with Gasteiger partial charge in [0.2, 0.25) is 0 Å². The molecule has 0 aromatic heterocycles. The largest absolute Gasteiger partial charge is 0.383 e. The molecule has 1 fully saturated rings. The molecule has 0 saturated carbocycles. The highest BCUT2D eigenvalue weighted by Crippen LogP contribution is 2.37. The van der Waals surface area contributed by atoms with Gasteiger partial charge in [0.05, 0.1) is 16.7 Å². The first-order valence-corrected chi connectivity index (χ1v) is 5.64. The van der Waals surface area contributed by atoms with E-state index < -0.39 is 5.60 Å². The lowest BCUT2D eigenvalue weighted by Crippen LogP contribution is -2.36. The van der Waals surface area contributed by atoms with Gasteiger partial charge in [0, 0.05) is 12.2 Å². The third kappa shape index (κ3) is 2.13. The molecule has 0 spiro atoms. The van der Waals surface area contributed by atoms with E-state index in [1.54, 1.807) is 18.2 Å². The molecule has 1 atom stereocenters. The van der Waals surface area contributed by atoms with Gasteiger partial charge in [0.1, 0.15) is 5.60 Å². The minimum absolute atomic E-state index is 0.285. The summed E-state index contributed by atoms with van der Waals surface area (Å²) in [5.74, 6) is 0. The van der Waals surface area contributed by atoms with E-state index in [0.717, 1.165) is 6.42 Å². The smallest absolute Gasteiger partial charge is 0.114 e. The molecule has 4 heteroatoms.